The standard InChI is InChI=1S/C21H27NO2S/c1-21(2,3)13-6-9-17-16(11-13)20-15(8-7-14(12-23)24-20)19(22-17)18-5-4-10-25-18/h4-6,9-11,14-15,19-20,22-23H,7-8,12H2,1-3H3/t14-,15+,19-,20+/m0/s1. The van der Waals surface area contributed by atoms with Crippen molar-refractivity contribution in [1.29, 1.82) is 0 Å². The highest BCUT2D eigenvalue weighted by Crippen LogP contribution is 2.51. The molecule has 4 rings (SSSR count). The molecular formula is C21H27NO2S. The van der Waals surface area contributed by atoms with Crippen LogP contribution in [0, 0.1) is 5.92 Å². The van der Waals surface area contributed by atoms with Gasteiger partial charge in [-0.05, 0) is 41.3 Å². The number of fused-ring (bicyclic) bond motifs is 3. The summed E-state index contributed by atoms with van der Waals surface area (Å²) in [6.45, 7) is 6.84. The van der Waals surface area contributed by atoms with Crippen LogP contribution in [0.1, 0.15) is 61.8 Å². The first-order valence-electron chi connectivity index (χ1n) is 9.18. The van der Waals surface area contributed by atoms with Gasteiger partial charge in [0, 0.05) is 22.0 Å². The van der Waals surface area contributed by atoms with Crippen LogP contribution in [-0.4, -0.2) is 17.8 Å². The molecule has 25 heavy (non-hydrogen) atoms. The third kappa shape index (κ3) is 3.12. The average molecular weight is 358 g/mol. The molecule has 1 aromatic carbocycles. The molecule has 3 nitrogen and oxygen atoms in total. The van der Waals surface area contributed by atoms with Gasteiger partial charge >= 0.3 is 0 Å². The molecule has 2 N–H and O–H groups in total. The second-order valence-electron chi connectivity index (χ2n) is 8.29. The maximum atomic E-state index is 9.62. The number of benzene rings is 1. The predicted molar refractivity (Wildman–Crippen MR) is 103 cm³/mol. The Morgan fingerprint density at radius 1 is 1.24 bits per heavy atom. The lowest BCUT2D eigenvalue weighted by atomic mass is 9.76. The van der Waals surface area contributed by atoms with Crippen LogP contribution in [0.15, 0.2) is 35.7 Å². The minimum absolute atomic E-state index is 0.0468. The van der Waals surface area contributed by atoms with Gasteiger partial charge in [-0.15, -0.1) is 11.3 Å². The fourth-order valence-electron chi connectivity index (χ4n) is 4.11. The van der Waals surface area contributed by atoms with E-state index in [9.17, 15) is 5.11 Å². The zero-order chi connectivity index (χ0) is 17.6. The van der Waals surface area contributed by atoms with Gasteiger partial charge < -0.3 is 15.2 Å². The zero-order valence-electron chi connectivity index (χ0n) is 15.2. The van der Waals surface area contributed by atoms with Crippen molar-refractivity contribution >= 4 is 17.0 Å². The Morgan fingerprint density at radius 3 is 2.76 bits per heavy atom. The number of hydrogen-bond acceptors (Lipinski definition) is 4. The van der Waals surface area contributed by atoms with Crippen molar-refractivity contribution < 1.29 is 9.84 Å². The van der Waals surface area contributed by atoms with Gasteiger partial charge in [0.05, 0.1) is 24.9 Å². The van der Waals surface area contributed by atoms with Crippen molar-refractivity contribution in [1.82, 2.24) is 0 Å². The number of aliphatic hydroxyl groups is 1. The maximum Gasteiger partial charge on any atom is 0.0901 e. The van der Waals surface area contributed by atoms with Gasteiger partial charge in [-0.2, -0.15) is 0 Å². The lowest BCUT2D eigenvalue weighted by Gasteiger charge is -2.45. The molecule has 0 bridgehead atoms. The van der Waals surface area contributed by atoms with Crippen LogP contribution in [0.5, 0.6) is 0 Å². The number of thiophene rings is 1. The molecule has 2 aliphatic heterocycles. The normalized spacial score (nSPS) is 28.8. The SMILES string of the molecule is CC(C)(C)c1ccc2c(c1)[C@@H]1O[C@H](CO)CC[C@@H]1[C@@H](c1cccs1)N2. The molecule has 0 spiro atoms. The van der Waals surface area contributed by atoms with Crippen molar-refractivity contribution in [2.75, 3.05) is 11.9 Å². The zero-order valence-corrected chi connectivity index (χ0v) is 16.0. The molecule has 4 atom stereocenters. The molecule has 4 heteroatoms. The second kappa shape index (κ2) is 6.42. The Balaban J connectivity index is 1.77. The maximum absolute atomic E-state index is 9.62. The van der Waals surface area contributed by atoms with E-state index in [1.165, 1.54) is 21.7 Å². The highest BCUT2D eigenvalue weighted by molar-refractivity contribution is 7.10. The quantitative estimate of drug-likeness (QED) is 0.791. The highest BCUT2D eigenvalue weighted by Gasteiger charge is 2.42. The first-order valence-corrected chi connectivity index (χ1v) is 10.1. The molecule has 134 valence electrons. The van der Waals surface area contributed by atoms with Gasteiger partial charge in [0.1, 0.15) is 0 Å². The van der Waals surface area contributed by atoms with Crippen LogP contribution in [0.4, 0.5) is 5.69 Å². The van der Waals surface area contributed by atoms with Crippen molar-refractivity contribution in [3.8, 4) is 0 Å². The molecule has 0 amide bonds. The summed E-state index contributed by atoms with van der Waals surface area (Å²) >= 11 is 1.81. The summed E-state index contributed by atoms with van der Waals surface area (Å²) in [6, 6.07) is 11.4. The summed E-state index contributed by atoms with van der Waals surface area (Å²) in [5.41, 5.74) is 3.87. The fraction of sp³-hybridized carbons (Fsp3) is 0.524. The van der Waals surface area contributed by atoms with Gasteiger partial charge in [-0.1, -0.05) is 39.0 Å². The van der Waals surface area contributed by atoms with E-state index in [0.29, 0.717) is 5.92 Å². The van der Waals surface area contributed by atoms with Crippen LogP contribution in [0.3, 0.4) is 0 Å². The van der Waals surface area contributed by atoms with Gasteiger partial charge in [-0.25, -0.2) is 0 Å². The van der Waals surface area contributed by atoms with E-state index < -0.39 is 0 Å². The highest BCUT2D eigenvalue weighted by atomic mass is 32.1. The van der Waals surface area contributed by atoms with E-state index in [-0.39, 0.29) is 30.3 Å². The molecule has 2 aliphatic rings. The average Bonchev–Trinajstić information content (AvgIpc) is 3.13. The topological polar surface area (TPSA) is 41.5 Å². The number of aliphatic hydroxyl groups excluding tert-OH is 1. The molecule has 3 heterocycles. The van der Waals surface area contributed by atoms with Crippen molar-refractivity contribution in [3.05, 3.63) is 51.7 Å². The number of anilines is 1. The van der Waals surface area contributed by atoms with Crippen LogP contribution in [0.2, 0.25) is 0 Å². The Labute approximate surface area is 154 Å². The third-order valence-corrected chi connectivity index (χ3v) is 6.52. The molecular weight excluding hydrogens is 330 g/mol. The minimum atomic E-state index is -0.0468. The van der Waals surface area contributed by atoms with E-state index in [2.05, 4.69) is 61.8 Å². The third-order valence-electron chi connectivity index (χ3n) is 5.57. The monoisotopic (exact) mass is 357 g/mol. The molecule has 0 radical (unpaired) electrons. The fourth-order valence-corrected chi connectivity index (χ4v) is 4.96. The first-order chi connectivity index (χ1) is 12.0. The number of rotatable bonds is 2. The Hall–Kier alpha value is -1.36. The lowest BCUT2D eigenvalue weighted by Crippen LogP contribution is -2.39. The van der Waals surface area contributed by atoms with Gasteiger partial charge in [0.2, 0.25) is 0 Å². The van der Waals surface area contributed by atoms with E-state index >= 15 is 0 Å². The lowest BCUT2D eigenvalue weighted by molar-refractivity contribution is -0.109. The van der Waals surface area contributed by atoms with Crippen LogP contribution in [-0.2, 0) is 10.2 Å². The number of hydrogen-bond donors (Lipinski definition) is 2. The molecule has 0 aliphatic carbocycles. The summed E-state index contributed by atoms with van der Waals surface area (Å²) in [5.74, 6) is 0.407. The molecule has 1 saturated heterocycles. The molecule has 1 aromatic heterocycles. The predicted octanol–water partition coefficient (Wildman–Crippen LogP) is 5.04. The van der Waals surface area contributed by atoms with Gasteiger partial charge in [0.25, 0.3) is 0 Å². The van der Waals surface area contributed by atoms with Crippen LogP contribution < -0.4 is 5.32 Å². The Bertz CT molecular complexity index is 735. The summed E-state index contributed by atoms with van der Waals surface area (Å²) in [5, 5.41) is 15.5. The summed E-state index contributed by atoms with van der Waals surface area (Å²) in [6.07, 6.45) is 2.01. The molecule has 1 fully saturated rings. The summed E-state index contributed by atoms with van der Waals surface area (Å²) < 4.78 is 6.38. The first kappa shape index (κ1) is 17.1. The summed E-state index contributed by atoms with van der Waals surface area (Å²) in [7, 11) is 0. The van der Waals surface area contributed by atoms with E-state index in [4.69, 9.17) is 4.74 Å². The second-order valence-corrected chi connectivity index (χ2v) is 9.27. The summed E-state index contributed by atoms with van der Waals surface area (Å²) in [4.78, 5) is 1.37. The van der Waals surface area contributed by atoms with Crippen LogP contribution in [0.25, 0.3) is 0 Å². The Morgan fingerprint density at radius 2 is 2.08 bits per heavy atom. The van der Waals surface area contributed by atoms with Crippen molar-refractivity contribution in [2.24, 2.45) is 5.92 Å². The Kier molecular flexibility index (Phi) is 4.38. The van der Waals surface area contributed by atoms with Crippen LogP contribution >= 0.6 is 11.3 Å². The smallest absolute Gasteiger partial charge is 0.0901 e. The van der Waals surface area contributed by atoms with Gasteiger partial charge in [-0.3, -0.25) is 0 Å². The number of ether oxygens (including phenoxy) is 1. The molecule has 0 saturated carbocycles. The minimum Gasteiger partial charge on any atom is -0.394 e. The van der Waals surface area contributed by atoms with Crippen molar-refractivity contribution in [3.63, 3.8) is 0 Å². The van der Waals surface area contributed by atoms with E-state index in [1.807, 2.05) is 0 Å². The van der Waals surface area contributed by atoms with Crippen molar-refractivity contribution in [2.45, 2.75) is 57.3 Å². The van der Waals surface area contributed by atoms with E-state index in [0.717, 1.165) is 12.8 Å². The van der Waals surface area contributed by atoms with E-state index in [1.54, 1.807) is 11.3 Å². The molecule has 2 aromatic rings. The largest absolute Gasteiger partial charge is 0.394 e. The number of nitrogens with one attached hydrogen (secondary N) is 1. The van der Waals surface area contributed by atoms with Gasteiger partial charge in [0.15, 0.2) is 0 Å². The molecule has 0 unspecified atom stereocenters.